The number of halogens is 1. The molecule has 0 unspecified atom stereocenters. The first-order valence-corrected chi connectivity index (χ1v) is 12.2. The lowest BCUT2D eigenvalue weighted by Gasteiger charge is -2.20. The lowest BCUT2D eigenvalue weighted by atomic mass is 10.2. The summed E-state index contributed by atoms with van der Waals surface area (Å²) in [5.74, 6) is 0.755. The number of hydrogen-bond acceptors (Lipinski definition) is 6. The highest BCUT2D eigenvalue weighted by molar-refractivity contribution is 7.92. The summed E-state index contributed by atoms with van der Waals surface area (Å²) >= 11 is 6.30. The number of anilines is 2. The van der Waals surface area contributed by atoms with E-state index in [4.69, 9.17) is 25.8 Å². The van der Waals surface area contributed by atoms with Gasteiger partial charge in [0.15, 0.2) is 6.61 Å². The van der Waals surface area contributed by atoms with Gasteiger partial charge in [0.25, 0.3) is 15.9 Å². The molecule has 0 fully saturated rings. The van der Waals surface area contributed by atoms with Crippen molar-refractivity contribution in [2.45, 2.75) is 11.3 Å². The molecule has 0 atom stereocenters. The highest BCUT2D eigenvalue weighted by Crippen LogP contribution is 2.35. The van der Waals surface area contributed by atoms with Gasteiger partial charge in [-0.3, -0.25) is 9.10 Å². The largest absolute Gasteiger partial charge is 0.497 e. The standard InChI is InChI=1S/C24H23ClN2O6S/c1-31-17-7-9-23(32-2)20(13-17)26-24(28)15-33-22-10-8-18(14-19(22)25)34(29,30)27-12-11-16-5-3-4-6-21(16)27/h3-10,13-14H,11-12,15H2,1-2H3,(H,26,28). The lowest BCUT2D eigenvalue weighted by molar-refractivity contribution is -0.118. The van der Waals surface area contributed by atoms with Crippen LogP contribution >= 0.6 is 11.6 Å². The molecule has 8 nitrogen and oxygen atoms in total. The number of fused-ring (bicyclic) bond motifs is 1. The fourth-order valence-electron chi connectivity index (χ4n) is 3.69. The maximum Gasteiger partial charge on any atom is 0.264 e. The molecule has 10 heteroatoms. The molecule has 4 rings (SSSR count). The van der Waals surface area contributed by atoms with E-state index in [9.17, 15) is 13.2 Å². The van der Waals surface area contributed by atoms with Crippen LogP contribution in [0.15, 0.2) is 65.6 Å². The van der Waals surface area contributed by atoms with Gasteiger partial charge in [0, 0.05) is 12.6 Å². The fraction of sp³-hybridized carbons (Fsp3) is 0.208. The number of benzene rings is 3. The monoisotopic (exact) mass is 502 g/mol. The van der Waals surface area contributed by atoms with Crippen molar-refractivity contribution in [3.63, 3.8) is 0 Å². The number of sulfonamides is 1. The summed E-state index contributed by atoms with van der Waals surface area (Å²) in [5, 5.41) is 2.78. The van der Waals surface area contributed by atoms with Crippen LogP contribution in [0.4, 0.5) is 11.4 Å². The third-order valence-corrected chi connectivity index (χ3v) is 7.48. The van der Waals surface area contributed by atoms with Crippen molar-refractivity contribution >= 4 is 38.9 Å². The molecule has 1 heterocycles. The average molecular weight is 503 g/mol. The maximum absolute atomic E-state index is 13.2. The molecule has 1 aliphatic rings. The van der Waals surface area contributed by atoms with E-state index in [-0.39, 0.29) is 22.3 Å². The second-order valence-corrected chi connectivity index (χ2v) is 9.72. The Kier molecular flexibility index (Phi) is 6.85. The van der Waals surface area contributed by atoms with Crippen molar-refractivity contribution in [1.82, 2.24) is 0 Å². The van der Waals surface area contributed by atoms with Crippen molar-refractivity contribution in [3.05, 3.63) is 71.2 Å². The van der Waals surface area contributed by atoms with Gasteiger partial charge in [0.1, 0.15) is 17.2 Å². The average Bonchev–Trinajstić information content (AvgIpc) is 3.28. The van der Waals surface area contributed by atoms with Gasteiger partial charge < -0.3 is 19.5 Å². The molecule has 0 bridgehead atoms. The van der Waals surface area contributed by atoms with Gasteiger partial charge in [-0.1, -0.05) is 29.8 Å². The Morgan fingerprint density at radius 3 is 2.53 bits per heavy atom. The second kappa shape index (κ2) is 9.82. The summed E-state index contributed by atoms with van der Waals surface area (Å²) in [7, 11) is -0.780. The molecule has 0 aliphatic carbocycles. The molecular formula is C24H23ClN2O6S. The minimum Gasteiger partial charge on any atom is -0.497 e. The van der Waals surface area contributed by atoms with Crippen molar-refractivity contribution in [1.29, 1.82) is 0 Å². The molecule has 0 aromatic heterocycles. The normalized spacial score (nSPS) is 12.7. The van der Waals surface area contributed by atoms with E-state index in [2.05, 4.69) is 5.32 Å². The Labute approximate surface area is 203 Å². The van der Waals surface area contributed by atoms with Crippen molar-refractivity contribution in [2.24, 2.45) is 0 Å². The summed E-state index contributed by atoms with van der Waals surface area (Å²) in [6.07, 6.45) is 0.650. The molecule has 3 aromatic carbocycles. The number of para-hydroxylation sites is 1. The zero-order chi connectivity index (χ0) is 24.3. The summed E-state index contributed by atoms with van der Waals surface area (Å²) < 4.78 is 43.7. The minimum atomic E-state index is -3.79. The summed E-state index contributed by atoms with van der Waals surface area (Å²) in [6, 6.07) is 16.6. The third-order valence-electron chi connectivity index (χ3n) is 5.38. The van der Waals surface area contributed by atoms with Gasteiger partial charge in [-0.05, 0) is 48.4 Å². The fourth-order valence-corrected chi connectivity index (χ4v) is 5.52. The van der Waals surface area contributed by atoms with Crippen LogP contribution in [0.1, 0.15) is 5.56 Å². The van der Waals surface area contributed by atoms with Crippen molar-refractivity contribution < 1.29 is 27.4 Å². The van der Waals surface area contributed by atoms with E-state index < -0.39 is 15.9 Å². The molecule has 1 amide bonds. The molecule has 178 valence electrons. The highest BCUT2D eigenvalue weighted by Gasteiger charge is 2.31. The first kappa shape index (κ1) is 23.7. The van der Waals surface area contributed by atoms with Crippen LogP contribution in [0, 0.1) is 0 Å². The van der Waals surface area contributed by atoms with Gasteiger partial charge in [-0.25, -0.2) is 8.42 Å². The minimum absolute atomic E-state index is 0.0483. The predicted molar refractivity (Wildman–Crippen MR) is 130 cm³/mol. The van der Waals surface area contributed by atoms with E-state index in [1.807, 2.05) is 18.2 Å². The van der Waals surface area contributed by atoms with Gasteiger partial charge in [0.05, 0.1) is 35.5 Å². The van der Waals surface area contributed by atoms with Gasteiger partial charge in [0.2, 0.25) is 0 Å². The molecular weight excluding hydrogens is 480 g/mol. The van der Waals surface area contributed by atoms with Crippen LogP contribution in [0.5, 0.6) is 17.2 Å². The van der Waals surface area contributed by atoms with Crippen LogP contribution in [-0.2, 0) is 21.2 Å². The Morgan fingerprint density at radius 2 is 1.79 bits per heavy atom. The van der Waals surface area contributed by atoms with Gasteiger partial charge >= 0.3 is 0 Å². The summed E-state index contributed by atoms with van der Waals surface area (Å²) in [5.41, 5.74) is 2.08. The molecule has 0 saturated carbocycles. The van der Waals surface area contributed by atoms with Crippen molar-refractivity contribution in [3.8, 4) is 17.2 Å². The number of methoxy groups -OCH3 is 2. The first-order chi connectivity index (χ1) is 16.3. The topological polar surface area (TPSA) is 94.2 Å². The number of carbonyl (C=O) groups is 1. The lowest BCUT2D eigenvalue weighted by Crippen LogP contribution is -2.29. The number of carbonyl (C=O) groups excluding carboxylic acids is 1. The van der Waals surface area contributed by atoms with E-state index in [1.54, 1.807) is 24.3 Å². The number of amides is 1. The Balaban J connectivity index is 1.45. The third kappa shape index (κ3) is 4.76. The zero-order valence-corrected chi connectivity index (χ0v) is 20.2. The first-order valence-electron chi connectivity index (χ1n) is 10.4. The van der Waals surface area contributed by atoms with Crippen LogP contribution in [-0.4, -0.2) is 41.7 Å². The molecule has 3 aromatic rings. The molecule has 1 aliphatic heterocycles. The van der Waals surface area contributed by atoms with Crippen LogP contribution in [0.3, 0.4) is 0 Å². The maximum atomic E-state index is 13.2. The Hall–Kier alpha value is -3.43. The van der Waals surface area contributed by atoms with Crippen LogP contribution in [0.25, 0.3) is 0 Å². The van der Waals surface area contributed by atoms with Crippen molar-refractivity contribution in [2.75, 3.05) is 37.0 Å². The Bertz CT molecular complexity index is 1330. The molecule has 0 spiro atoms. The SMILES string of the molecule is COc1ccc(OC)c(NC(=O)COc2ccc(S(=O)(=O)N3CCc4ccccc43)cc2Cl)c1. The summed E-state index contributed by atoms with van der Waals surface area (Å²) in [4.78, 5) is 12.5. The Morgan fingerprint density at radius 1 is 1.03 bits per heavy atom. The van der Waals surface area contributed by atoms with Gasteiger partial charge in [-0.15, -0.1) is 0 Å². The van der Waals surface area contributed by atoms with Crippen LogP contribution in [0.2, 0.25) is 5.02 Å². The van der Waals surface area contributed by atoms with E-state index in [1.165, 1.54) is 36.7 Å². The smallest absolute Gasteiger partial charge is 0.264 e. The number of ether oxygens (including phenoxy) is 3. The number of nitrogens with zero attached hydrogens (tertiary/aromatic N) is 1. The summed E-state index contributed by atoms with van der Waals surface area (Å²) in [6.45, 7) is 0.0249. The zero-order valence-electron chi connectivity index (χ0n) is 18.6. The molecule has 0 saturated heterocycles. The van der Waals surface area contributed by atoms with E-state index in [0.717, 1.165) is 5.56 Å². The number of hydrogen-bond donors (Lipinski definition) is 1. The molecule has 1 N–H and O–H groups in total. The van der Waals surface area contributed by atoms with Gasteiger partial charge in [-0.2, -0.15) is 0 Å². The van der Waals surface area contributed by atoms with Crippen LogP contribution < -0.4 is 23.8 Å². The van der Waals surface area contributed by atoms with E-state index in [0.29, 0.717) is 35.8 Å². The second-order valence-electron chi connectivity index (χ2n) is 7.45. The predicted octanol–water partition coefficient (Wildman–Crippen LogP) is 4.13. The van der Waals surface area contributed by atoms with E-state index >= 15 is 0 Å². The highest BCUT2D eigenvalue weighted by atomic mass is 35.5. The molecule has 0 radical (unpaired) electrons. The molecule has 34 heavy (non-hydrogen) atoms. The number of nitrogens with one attached hydrogen (secondary N) is 1. The number of rotatable bonds is 8. The quantitative estimate of drug-likeness (QED) is 0.498.